The first kappa shape index (κ1) is 17.3. The number of amides is 2. The van der Waals surface area contributed by atoms with Gasteiger partial charge < -0.3 is 10.2 Å². The van der Waals surface area contributed by atoms with Crippen LogP contribution in [0.15, 0.2) is 42.7 Å². The summed E-state index contributed by atoms with van der Waals surface area (Å²) in [5.74, 6) is 1.80. The van der Waals surface area contributed by atoms with Crippen LogP contribution in [0.5, 0.6) is 0 Å². The number of rotatable bonds is 4. The molecular weight excluding hydrogens is 342 g/mol. The number of nitrogens with zero attached hydrogens (tertiary/aromatic N) is 5. The van der Waals surface area contributed by atoms with E-state index in [0.717, 1.165) is 42.3 Å². The summed E-state index contributed by atoms with van der Waals surface area (Å²) in [6.45, 7) is 3.78. The van der Waals surface area contributed by atoms with Gasteiger partial charge in [0.1, 0.15) is 5.82 Å². The van der Waals surface area contributed by atoms with E-state index in [1.807, 2.05) is 48.4 Å². The fraction of sp³-hybridized carbons (Fsp3) is 0.368. The van der Waals surface area contributed by atoms with Gasteiger partial charge in [-0.25, -0.2) is 14.5 Å². The molecule has 3 heterocycles. The van der Waals surface area contributed by atoms with Crippen molar-refractivity contribution in [1.82, 2.24) is 35.2 Å². The number of aromatic amines is 1. The summed E-state index contributed by atoms with van der Waals surface area (Å²) < 4.78 is 1.80. The van der Waals surface area contributed by atoms with Crippen LogP contribution in [0.25, 0.3) is 5.69 Å². The summed E-state index contributed by atoms with van der Waals surface area (Å²) in [7, 11) is 0. The Hall–Kier alpha value is -3.16. The summed E-state index contributed by atoms with van der Waals surface area (Å²) >= 11 is 0. The lowest BCUT2D eigenvalue weighted by Crippen LogP contribution is -2.44. The van der Waals surface area contributed by atoms with Crippen LogP contribution in [-0.2, 0) is 6.54 Å². The smallest absolute Gasteiger partial charge is 0.317 e. The van der Waals surface area contributed by atoms with Gasteiger partial charge >= 0.3 is 6.03 Å². The van der Waals surface area contributed by atoms with Gasteiger partial charge in [-0.15, -0.1) is 0 Å². The van der Waals surface area contributed by atoms with Gasteiger partial charge in [0.2, 0.25) is 0 Å². The molecule has 0 spiro atoms. The van der Waals surface area contributed by atoms with Crippen molar-refractivity contribution in [2.45, 2.75) is 32.2 Å². The van der Waals surface area contributed by atoms with E-state index in [4.69, 9.17) is 0 Å². The molecule has 1 aliphatic rings. The number of hydrogen-bond acceptors (Lipinski definition) is 4. The zero-order valence-electron chi connectivity index (χ0n) is 15.3. The Balaban J connectivity index is 1.36. The Kier molecular flexibility index (Phi) is 4.86. The predicted octanol–water partition coefficient (Wildman–Crippen LogP) is 2.39. The van der Waals surface area contributed by atoms with Crippen molar-refractivity contribution in [1.29, 1.82) is 0 Å². The molecule has 1 atom stereocenters. The number of benzene rings is 1. The lowest BCUT2D eigenvalue weighted by Gasteiger charge is -2.31. The molecule has 1 fully saturated rings. The monoisotopic (exact) mass is 365 g/mol. The summed E-state index contributed by atoms with van der Waals surface area (Å²) in [5, 5.41) is 14.4. The van der Waals surface area contributed by atoms with Crippen LogP contribution in [0.1, 0.15) is 36.0 Å². The maximum Gasteiger partial charge on any atom is 0.317 e. The lowest BCUT2D eigenvalue weighted by atomic mass is 9.98. The molecule has 1 saturated heterocycles. The number of nitrogens with one attached hydrogen (secondary N) is 2. The third kappa shape index (κ3) is 3.99. The van der Waals surface area contributed by atoms with Gasteiger partial charge in [-0.2, -0.15) is 10.2 Å². The first-order valence-electron chi connectivity index (χ1n) is 9.19. The molecule has 2 aromatic heterocycles. The SMILES string of the molecule is Cc1nc([C@@H]2CCCN(C(=O)NCc3cccc(-n4cccn4)c3)C2)n[nH]1. The van der Waals surface area contributed by atoms with Crippen molar-refractivity contribution in [3.63, 3.8) is 0 Å². The van der Waals surface area contributed by atoms with Gasteiger partial charge in [-0.05, 0) is 43.5 Å². The second kappa shape index (κ2) is 7.61. The number of aromatic nitrogens is 5. The number of urea groups is 1. The molecule has 1 aliphatic heterocycles. The molecule has 8 nitrogen and oxygen atoms in total. The van der Waals surface area contributed by atoms with E-state index in [1.165, 1.54) is 0 Å². The Morgan fingerprint density at radius 2 is 2.30 bits per heavy atom. The molecule has 0 saturated carbocycles. The van der Waals surface area contributed by atoms with E-state index in [9.17, 15) is 4.79 Å². The Labute approximate surface area is 157 Å². The zero-order valence-corrected chi connectivity index (χ0v) is 15.3. The molecular formula is C19H23N7O. The first-order valence-corrected chi connectivity index (χ1v) is 9.19. The van der Waals surface area contributed by atoms with Crippen LogP contribution in [0, 0.1) is 6.92 Å². The number of likely N-dealkylation sites (tertiary alicyclic amines) is 1. The summed E-state index contributed by atoms with van der Waals surface area (Å²) in [4.78, 5) is 18.9. The number of H-pyrrole nitrogens is 1. The lowest BCUT2D eigenvalue weighted by molar-refractivity contribution is 0.178. The first-order chi connectivity index (χ1) is 13.2. The second-order valence-electron chi connectivity index (χ2n) is 6.84. The van der Waals surface area contributed by atoms with Crippen molar-refractivity contribution in [3.8, 4) is 5.69 Å². The molecule has 4 rings (SSSR count). The van der Waals surface area contributed by atoms with Crippen molar-refractivity contribution in [3.05, 3.63) is 59.9 Å². The molecule has 0 radical (unpaired) electrons. The highest BCUT2D eigenvalue weighted by molar-refractivity contribution is 5.74. The molecule has 8 heteroatoms. The quantitative estimate of drug-likeness (QED) is 0.743. The fourth-order valence-electron chi connectivity index (χ4n) is 3.43. The van der Waals surface area contributed by atoms with Gasteiger partial charge in [-0.1, -0.05) is 12.1 Å². The summed E-state index contributed by atoms with van der Waals surface area (Å²) in [5.41, 5.74) is 2.01. The van der Waals surface area contributed by atoms with Gasteiger partial charge in [0.25, 0.3) is 0 Å². The van der Waals surface area contributed by atoms with Crippen molar-refractivity contribution in [2.24, 2.45) is 0 Å². The minimum atomic E-state index is -0.0450. The number of hydrogen-bond donors (Lipinski definition) is 2. The molecule has 2 N–H and O–H groups in total. The number of carbonyl (C=O) groups excluding carboxylic acids is 1. The molecule has 1 aromatic carbocycles. The largest absolute Gasteiger partial charge is 0.334 e. The van der Waals surface area contributed by atoms with Gasteiger partial charge in [0, 0.05) is 37.9 Å². The van der Waals surface area contributed by atoms with E-state index in [0.29, 0.717) is 13.1 Å². The summed E-state index contributed by atoms with van der Waals surface area (Å²) in [6.07, 6.45) is 5.61. The van der Waals surface area contributed by atoms with Crippen molar-refractivity contribution in [2.75, 3.05) is 13.1 Å². The molecule has 3 aromatic rings. The fourth-order valence-corrected chi connectivity index (χ4v) is 3.43. The second-order valence-corrected chi connectivity index (χ2v) is 6.84. The van der Waals surface area contributed by atoms with Crippen LogP contribution in [0.4, 0.5) is 4.79 Å². The number of piperidine rings is 1. The highest BCUT2D eigenvalue weighted by Crippen LogP contribution is 2.24. The van der Waals surface area contributed by atoms with Crippen molar-refractivity contribution >= 4 is 6.03 Å². The topological polar surface area (TPSA) is 91.7 Å². The molecule has 0 unspecified atom stereocenters. The molecule has 0 aliphatic carbocycles. The van der Waals surface area contributed by atoms with Gasteiger partial charge in [0.05, 0.1) is 5.69 Å². The molecule has 2 amide bonds. The minimum absolute atomic E-state index is 0.0450. The van der Waals surface area contributed by atoms with E-state index in [2.05, 4.69) is 25.6 Å². The maximum absolute atomic E-state index is 12.6. The van der Waals surface area contributed by atoms with Crippen LogP contribution in [0.3, 0.4) is 0 Å². The molecule has 0 bridgehead atoms. The van der Waals surface area contributed by atoms with E-state index < -0.39 is 0 Å². The van der Waals surface area contributed by atoms with Gasteiger partial charge in [-0.3, -0.25) is 5.10 Å². The average Bonchev–Trinajstić information content (AvgIpc) is 3.38. The Morgan fingerprint density at radius 3 is 3.07 bits per heavy atom. The van der Waals surface area contributed by atoms with E-state index in [-0.39, 0.29) is 11.9 Å². The number of aryl methyl sites for hydroxylation is 1. The number of carbonyl (C=O) groups is 1. The van der Waals surface area contributed by atoms with Gasteiger partial charge in [0.15, 0.2) is 5.82 Å². The van der Waals surface area contributed by atoms with Crippen LogP contribution in [-0.4, -0.2) is 49.0 Å². The third-order valence-electron chi connectivity index (χ3n) is 4.81. The Morgan fingerprint density at radius 1 is 1.37 bits per heavy atom. The van der Waals surface area contributed by atoms with Crippen LogP contribution >= 0.6 is 0 Å². The average molecular weight is 365 g/mol. The zero-order chi connectivity index (χ0) is 18.6. The molecule has 140 valence electrons. The van der Waals surface area contributed by atoms with Crippen LogP contribution in [0.2, 0.25) is 0 Å². The highest BCUT2D eigenvalue weighted by atomic mass is 16.2. The maximum atomic E-state index is 12.6. The minimum Gasteiger partial charge on any atom is -0.334 e. The van der Waals surface area contributed by atoms with Crippen molar-refractivity contribution < 1.29 is 4.79 Å². The standard InChI is InChI=1S/C19H23N7O/c1-14-22-18(24-23-14)16-6-3-9-25(13-16)19(27)20-12-15-5-2-7-17(11-15)26-10-4-8-21-26/h2,4-5,7-8,10-11,16H,3,6,9,12-13H2,1H3,(H,20,27)(H,22,23,24)/t16-/m1/s1. The Bertz CT molecular complexity index is 902. The normalized spacial score (nSPS) is 17.1. The third-order valence-corrected chi connectivity index (χ3v) is 4.81. The summed E-state index contributed by atoms with van der Waals surface area (Å²) in [6, 6.07) is 9.84. The molecule has 27 heavy (non-hydrogen) atoms. The van der Waals surface area contributed by atoms with E-state index in [1.54, 1.807) is 10.9 Å². The van der Waals surface area contributed by atoms with Crippen LogP contribution < -0.4 is 5.32 Å². The predicted molar refractivity (Wildman–Crippen MR) is 100 cm³/mol. The van der Waals surface area contributed by atoms with E-state index >= 15 is 0 Å². The highest BCUT2D eigenvalue weighted by Gasteiger charge is 2.27.